The van der Waals surface area contributed by atoms with E-state index >= 15 is 0 Å². The van der Waals surface area contributed by atoms with E-state index in [1.807, 2.05) is 13.1 Å². The Labute approximate surface area is 113 Å². The molecule has 0 bridgehead atoms. The van der Waals surface area contributed by atoms with E-state index in [4.69, 9.17) is 14.2 Å². The van der Waals surface area contributed by atoms with Crippen molar-refractivity contribution >= 4 is 0 Å². The van der Waals surface area contributed by atoms with Crippen LogP contribution in [-0.2, 0) is 16.0 Å². The summed E-state index contributed by atoms with van der Waals surface area (Å²) >= 11 is 0. The summed E-state index contributed by atoms with van der Waals surface area (Å²) in [7, 11) is 3.46. The van der Waals surface area contributed by atoms with Crippen LogP contribution in [0.15, 0.2) is 18.2 Å². The van der Waals surface area contributed by atoms with Gasteiger partial charge >= 0.3 is 0 Å². The average Bonchev–Trinajstić information content (AvgIpc) is 2.40. The van der Waals surface area contributed by atoms with E-state index in [1.54, 1.807) is 13.2 Å². The van der Waals surface area contributed by atoms with Crippen LogP contribution in [0.2, 0.25) is 0 Å². The molecule has 0 amide bonds. The van der Waals surface area contributed by atoms with Gasteiger partial charge in [-0.1, -0.05) is 6.07 Å². The topological polar surface area (TPSA) is 39.7 Å². The Morgan fingerprint density at radius 1 is 1.16 bits per heavy atom. The SMILES string of the molecule is CNCc1ccc(OCCCOCCOC)c(F)c1. The molecule has 1 aromatic rings. The standard InChI is InChI=1S/C14H22FNO3/c1-16-11-12-4-5-14(13(15)10-12)19-7-3-6-18-9-8-17-2/h4-5,10,16H,3,6-9,11H2,1-2H3. The first kappa shape index (κ1) is 15.9. The second-order valence-electron chi connectivity index (χ2n) is 4.10. The molecule has 0 aliphatic rings. The normalized spacial score (nSPS) is 10.7. The lowest BCUT2D eigenvalue weighted by Crippen LogP contribution is -2.08. The lowest BCUT2D eigenvalue weighted by Gasteiger charge is -2.09. The highest BCUT2D eigenvalue weighted by Crippen LogP contribution is 2.18. The molecule has 0 radical (unpaired) electrons. The van der Waals surface area contributed by atoms with Crippen molar-refractivity contribution in [2.45, 2.75) is 13.0 Å². The van der Waals surface area contributed by atoms with Gasteiger partial charge in [0.25, 0.3) is 0 Å². The fourth-order valence-electron chi connectivity index (χ4n) is 1.56. The van der Waals surface area contributed by atoms with Gasteiger partial charge in [0.1, 0.15) is 0 Å². The largest absolute Gasteiger partial charge is 0.490 e. The Morgan fingerprint density at radius 3 is 2.68 bits per heavy atom. The number of hydrogen-bond donors (Lipinski definition) is 1. The fraction of sp³-hybridized carbons (Fsp3) is 0.571. The molecule has 0 heterocycles. The molecule has 0 saturated heterocycles. The van der Waals surface area contributed by atoms with E-state index < -0.39 is 0 Å². The lowest BCUT2D eigenvalue weighted by molar-refractivity contribution is 0.0642. The van der Waals surface area contributed by atoms with Crippen LogP contribution in [0.25, 0.3) is 0 Å². The van der Waals surface area contributed by atoms with Crippen LogP contribution >= 0.6 is 0 Å². The highest BCUT2D eigenvalue weighted by molar-refractivity contribution is 5.29. The van der Waals surface area contributed by atoms with Crippen LogP contribution in [0.5, 0.6) is 5.75 Å². The van der Waals surface area contributed by atoms with Gasteiger partial charge in [0.15, 0.2) is 11.6 Å². The Balaban J connectivity index is 2.22. The van der Waals surface area contributed by atoms with E-state index in [0.717, 1.165) is 12.0 Å². The van der Waals surface area contributed by atoms with Crippen molar-refractivity contribution in [3.05, 3.63) is 29.6 Å². The first-order chi connectivity index (χ1) is 9.27. The molecule has 0 atom stereocenters. The maximum Gasteiger partial charge on any atom is 0.165 e. The van der Waals surface area contributed by atoms with E-state index in [-0.39, 0.29) is 11.6 Å². The van der Waals surface area contributed by atoms with Gasteiger partial charge in [-0.15, -0.1) is 0 Å². The molecule has 0 spiro atoms. The molecule has 1 N–H and O–H groups in total. The maximum atomic E-state index is 13.6. The van der Waals surface area contributed by atoms with Gasteiger partial charge in [-0.3, -0.25) is 0 Å². The van der Waals surface area contributed by atoms with E-state index in [2.05, 4.69) is 5.32 Å². The molecule has 0 saturated carbocycles. The molecule has 1 aromatic carbocycles. The minimum Gasteiger partial charge on any atom is -0.490 e. The molecule has 0 aliphatic carbocycles. The number of ether oxygens (including phenoxy) is 3. The van der Waals surface area contributed by atoms with Gasteiger partial charge in [-0.2, -0.15) is 0 Å². The lowest BCUT2D eigenvalue weighted by atomic mass is 10.2. The predicted octanol–water partition coefficient (Wildman–Crippen LogP) is 1.98. The zero-order valence-corrected chi connectivity index (χ0v) is 11.6. The first-order valence-corrected chi connectivity index (χ1v) is 6.40. The van der Waals surface area contributed by atoms with Crippen LogP contribution in [0, 0.1) is 5.82 Å². The first-order valence-electron chi connectivity index (χ1n) is 6.40. The minimum atomic E-state index is -0.326. The van der Waals surface area contributed by atoms with Gasteiger partial charge in [0.05, 0.1) is 19.8 Å². The van der Waals surface area contributed by atoms with Crippen molar-refractivity contribution in [3.63, 3.8) is 0 Å². The van der Waals surface area contributed by atoms with E-state index in [0.29, 0.717) is 33.0 Å². The summed E-state index contributed by atoms with van der Waals surface area (Å²) in [6.45, 7) is 2.83. The van der Waals surface area contributed by atoms with Crippen LogP contribution in [0.3, 0.4) is 0 Å². The van der Waals surface area contributed by atoms with E-state index in [9.17, 15) is 4.39 Å². The van der Waals surface area contributed by atoms with Crippen molar-refractivity contribution in [2.24, 2.45) is 0 Å². The fourth-order valence-corrected chi connectivity index (χ4v) is 1.56. The van der Waals surface area contributed by atoms with E-state index in [1.165, 1.54) is 6.07 Å². The van der Waals surface area contributed by atoms with Gasteiger partial charge in [0, 0.05) is 26.7 Å². The third kappa shape index (κ3) is 6.52. The monoisotopic (exact) mass is 271 g/mol. The van der Waals surface area contributed by atoms with Gasteiger partial charge in [-0.25, -0.2) is 4.39 Å². The Morgan fingerprint density at radius 2 is 2.00 bits per heavy atom. The molecule has 19 heavy (non-hydrogen) atoms. The van der Waals surface area contributed by atoms with Crippen LogP contribution in [-0.4, -0.2) is 40.6 Å². The molecule has 0 fully saturated rings. The molecule has 1 rings (SSSR count). The van der Waals surface area contributed by atoms with Crippen LogP contribution < -0.4 is 10.1 Å². The van der Waals surface area contributed by atoms with Crippen molar-refractivity contribution in [1.29, 1.82) is 0 Å². The maximum absolute atomic E-state index is 13.6. The minimum absolute atomic E-state index is 0.289. The van der Waals surface area contributed by atoms with Crippen molar-refractivity contribution in [1.82, 2.24) is 5.32 Å². The summed E-state index contributed by atoms with van der Waals surface area (Å²) < 4.78 is 29.2. The zero-order chi connectivity index (χ0) is 13.9. The summed E-state index contributed by atoms with van der Waals surface area (Å²) in [5, 5.41) is 2.97. The highest BCUT2D eigenvalue weighted by atomic mass is 19.1. The highest BCUT2D eigenvalue weighted by Gasteiger charge is 2.04. The van der Waals surface area contributed by atoms with Crippen molar-refractivity contribution < 1.29 is 18.6 Å². The molecule has 0 aromatic heterocycles. The van der Waals surface area contributed by atoms with Gasteiger partial charge < -0.3 is 19.5 Å². The molecule has 0 unspecified atom stereocenters. The van der Waals surface area contributed by atoms with Crippen LogP contribution in [0.4, 0.5) is 4.39 Å². The molecule has 108 valence electrons. The summed E-state index contributed by atoms with van der Waals surface area (Å²) in [4.78, 5) is 0. The van der Waals surface area contributed by atoms with Gasteiger partial charge in [0.2, 0.25) is 0 Å². The smallest absolute Gasteiger partial charge is 0.165 e. The number of methoxy groups -OCH3 is 1. The predicted molar refractivity (Wildman–Crippen MR) is 72.0 cm³/mol. The zero-order valence-electron chi connectivity index (χ0n) is 11.6. The number of hydrogen-bond acceptors (Lipinski definition) is 4. The third-order valence-corrected chi connectivity index (χ3v) is 2.50. The molecule has 0 aliphatic heterocycles. The number of halogens is 1. The summed E-state index contributed by atoms with van der Waals surface area (Å²) in [6.07, 6.45) is 0.724. The number of benzene rings is 1. The summed E-state index contributed by atoms with van der Waals surface area (Å²) in [5.74, 6) is -0.0372. The molecular formula is C14H22FNO3. The Kier molecular flexibility index (Phi) is 8.13. The number of rotatable bonds is 10. The van der Waals surface area contributed by atoms with Crippen molar-refractivity contribution in [3.8, 4) is 5.75 Å². The van der Waals surface area contributed by atoms with Gasteiger partial charge in [-0.05, 0) is 24.7 Å². The van der Waals surface area contributed by atoms with Crippen molar-refractivity contribution in [2.75, 3.05) is 40.6 Å². The molecule has 5 heteroatoms. The average molecular weight is 271 g/mol. The summed E-state index contributed by atoms with van der Waals surface area (Å²) in [5.41, 5.74) is 0.898. The third-order valence-electron chi connectivity index (χ3n) is 2.50. The second-order valence-corrected chi connectivity index (χ2v) is 4.10. The second kappa shape index (κ2) is 9.72. The molecule has 4 nitrogen and oxygen atoms in total. The quantitative estimate of drug-likeness (QED) is 0.661. The molecular weight excluding hydrogens is 249 g/mol. The van der Waals surface area contributed by atoms with Crippen LogP contribution in [0.1, 0.15) is 12.0 Å². The Hall–Kier alpha value is -1.17. The Bertz CT molecular complexity index is 361. The number of nitrogens with one attached hydrogen (secondary N) is 1. The summed E-state index contributed by atoms with van der Waals surface area (Å²) in [6, 6.07) is 5.00.